The van der Waals surface area contributed by atoms with Gasteiger partial charge in [0.15, 0.2) is 0 Å². The van der Waals surface area contributed by atoms with Crippen LogP contribution in [0.1, 0.15) is 46.5 Å². The number of rotatable bonds is 5. The molecule has 0 aliphatic carbocycles. The van der Waals surface area contributed by atoms with Crippen LogP contribution in [0, 0.1) is 5.92 Å². The summed E-state index contributed by atoms with van der Waals surface area (Å²) < 4.78 is 0. The van der Waals surface area contributed by atoms with E-state index in [9.17, 15) is 0 Å². The molecule has 0 aromatic carbocycles. The summed E-state index contributed by atoms with van der Waals surface area (Å²) in [6.45, 7) is 6.21. The van der Waals surface area contributed by atoms with Gasteiger partial charge in [-0.15, -0.1) is 0 Å². The Bertz CT molecular complexity index is 110. The molecule has 0 bridgehead atoms. The van der Waals surface area contributed by atoms with Crippen molar-refractivity contribution in [2.24, 2.45) is 5.92 Å². The fourth-order valence-electron chi connectivity index (χ4n) is 1.01. The highest BCUT2D eigenvalue weighted by molar-refractivity contribution is 4.85. The van der Waals surface area contributed by atoms with E-state index in [1.165, 1.54) is 19.3 Å². The zero-order valence-electron chi connectivity index (χ0n) is 7.93. The van der Waals surface area contributed by atoms with Gasteiger partial charge in [0.05, 0.1) is 5.76 Å². The van der Waals surface area contributed by atoms with Gasteiger partial charge < -0.3 is 5.11 Å². The molecule has 0 heterocycles. The zero-order chi connectivity index (χ0) is 8.69. The Hall–Kier alpha value is -0.460. The van der Waals surface area contributed by atoms with Crippen LogP contribution in [-0.4, -0.2) is 5.11 Å². The minimum atomic E-state index is 0.453. The second-order valence-electron chi connectivity index (χ2n) is 3.52. The van der Waals surface area contributed by atoms with Crippen molar-refractivity contribution in [3.05, 3.63) is 11.8 Å². The van der Waals surface area contributed by atoms with Crippen molar-refractivity contribution in [3.63, 3.8) is 0 Å². The average Bonchev–Trinajstić information content (AvgIpc) is 1.85. The van der Waals surface area contributed by atoms with E-state index in [4.69, 9.17) is 5.11 Å². The largest absolute Gasteiger partial charge is 0.513 e. The second-order valence-corrected chi connectivity index (χ2v) is 3.52. The van der Waals surface area contributed by atoms with E-state index in [-0.39, 0.29) is 0 Å². The van der Waals surface area contributed by atoms with Crippen molar-refractivity contribution in [2.45, 2.75) is 46.5 Å². The third-order valence-corrected chi connectivity index (χ3v) is 1.68. The minimum Gasteiger partial charge on any atom is -0.513 e. The first-order valence-electron chi connectivity index (χ1n) is 4.48. The zero-order valence-corrected chi connectivity index (χ0v) is 7.93. The summed E-state index contributed by atoms with van der Waals surface area (Å²) >= 11 is 0. The maximum atomic E-state index is 8.82. The van der Waals surface area contributed by atoms with E-state index < -0.39 is 0 Å². The number of allylic oxidation sites excluding steroid dienone is 2. The van der Waals surface area contributed by atoms with Gasteiger partial charge in [-0.2, -0.15) is 0 Å². The molecule has 0 aliphatic rings. The van der Waals surface area contributed by atoms with E-state index in [0.717, 1.165) is 12.3 Å². The first kappa shape index (κ1) is 10.5. The van der Waals surface area contributed by atoms with Crippen LogP contribution < -0.4 is 0 Å². The molecule has 0 saturated carbocycles. The predicted molar refractivity (Wildman–Crippen MR) is 49.7 cm³/mol. The molecule has 0 saturated heterocycles. The number of hydrogen-bond acceptors (Lipinski definition) is 1. The third-order valence-electron chi connectivity index (χ3n) is 1.68. The predicted octanol–water partition coefficient (Wildman–Crippen LogP) is 3.66. The van der Waals surface area contributed by atoms with Crippen LogP contribution in [0.25, 0.3) is 0 Å². The van der Waals surface area contributed by atoms with Crippen LogP contribution in [0.15, 0.2) is 11.8 Å². The summed E-state index contributed by atoms with van der Waals surface area (Å²) in [7, 11) is 0. The summed E-state index contributed by atoms with van der Waals surface area (Å²) in [6.07, 6.45) is 6.70. The molecule has 0 unspecified atom stereocenters. The molecule has 11 heavy (non-hydrogen) atoms. The highest BCUT2D eigenvalue weighted by Crippen LogP contribution is 2.08. The Morgan fingerprint density at radius 3 is 2.45 bits per heavy atom. The third kappa shape index (κ3) is 9.54. The summed E-state index contributed by atoms with van der Waals surface area (Å²) in [5, 5.41) is 8.82. The highest BCUT2D eigenvalue weighted by atomic mass is 16.3. The fraction of sp³-hybridized carbons (Fsp3) is 0.800. The Balaban J connectivity index is 3.09. The van der Waals surface area contributed by atoms with Crippen LogP contribution in [0.2, 0.25) is 0 Å². The van der Waals surface area contributed by atoms with Gasteiger partial charge in [0.2, 0.25) is 0 Å². The van der Waals surface area contributed by atoms with Crippen molar-refractivity contribution in [1.82, 2.24) is 0 Å². The molecular formula is C10H20O. The van der Waals surface area contributed by atoms with Gasteiger partial charge in [-0.05, 0) is 31.8 Å². The Morgan fingerprint density at radius 2 is 2.00 bits per heavy atom. The molecule has 0 fully saturated rings. The average molecular weight is 156 g/mol. The molecule has 0 radical (unpaired) electrons. The van der Waals surface area contributed by atoms with Crippen LogP contribution in [0.5, 0.6) is 0 Å². The lowest BCUT2D eigenvalue weighted by Crippen LogP contribution is -1.86. The molecular weight excluding hydrogens is 136 g/mol. The smallest absolute Gasteiger partial charge is 0.0851 e. The number of aliphatic hydroxyl groups excluding tert-OH is 1. The van der Waals surface area contributed by atoms with Gasteiger partial charge in [-0.25, -0.2) is 0 Å². The fourth-order valence-corrected chi connectivity index (χ4v) is 1.01. The molecule has 1 heteroatoms. The maximum Gasteiger partial charge on any atom is 0.0851 e. The van der Waals surface area contributed by atoms with Crippen molar-refractivity contribution < 1.29 is 5.11 Å². The Morgan fingerprint density at radius 1 is 1.36 bits per heavy atom. The first-order valence-corrected chi connectivity index (χ1v) is 4.48. The molecule has 0 amide bonds. The number of unbranched alkanes of at least 4 members (excludes halogenated alkanes) is 2. The van der Waals surface area contributed by atoms with Crippen molar-refractivity contribution >= 4 is 0 Å². The molecule has 66 valence electrons. The van der Waals surface area contributed by atoms with E-state index in [0.29, 0.717) is 5.76 Å². The topological polar surface area (TPSA) is 20.2 Å². The van der Waals surface area contributed by atoms with E-state index in [1.807, 2.05) is 6.08 Å². The SMILES string of the molecule is CC(O)=CCCCCC(C)C. The van der Waals surface area contributed by atoms with Crippen molar-refractivity contribution in [3.8, 4) is 0 Å². The molecule has 0 aromatic heterocycles. The van der Waals surface area contributed by atoms with Crippen LogP contribution in [0.4, 0.5) is 0 Å². The summed E-state index contributed by atoms with van der Waals surface area (Å²) in [5.74, 6) is 1.27. The number of aliphatic hydroxyl groups is 1. The molecule has 0 atom stereocenters. The van der Waals surface area contributed by atoms with Crippen molar-refractivity contribution in [2.75, 3.05) is 0 Å². The van der Waals surface area contributed by atoms with Gasteiger partial charge in [0.1, 0.15) is 0 Å². The first-order chi connectivity index (χ1) is 5.13. The Labute approximate surface area is 70.1 Å². The normalized spacial score (nSPS) is 12.5. The monoisotopic (exact) mass is 156 g/mol. The van der Waals surface area contributed by atoms with Crippen LogP contribution >= 0.6 is 0 Å². The summed E-state index contributed by atoms with van der Waals surface area (Å²) in [4.78, 5) is 0. The van der Waals surface area contributed by atoms with Gasteiger partial charge in [-0.3, -0.25) is 0 Å². The number of hydrogen-bond donors (Lipinski definition) is 1. The van der Waals surface area contributed by atoms with E-state index in [1.54, 1.807) is 6.92 Å². The lowest BCUT2D eigenvalue weighted by atomic mass is 10.1. The second kappa shape index (κ2) is 6.26. The summed E-state index contributed by atoms with van der Waals surface area (Å²) in [6, 6.07) is 0. The maximum absolute atomic E-state index is 8.82. The lowest BCUT2D eigenvalue weighted by molar-refractivity contribution is 0.410. The summed E-state index contributed by atoms with van der Waals surface area (Å²) in [5.41, 5.74) is 0. The molecule has 0 aromatic rings. The van der Waals surface area contributed by atoms with Crippen molar-refractivity contribution in [1.29, 1.82) is 0 Å². The molecule has 0 aliphatic heterocycles. The molecule has 0 spiro atoms. The molecule has 0 rings (SSSR count). The van der Waals surface area contributed by atoms with E-state index in [2.05, 4.69) is 13.8 Å². The van der Waals surface area contributed by atoms with Crippen LogP contribution in [-0.2, 0) is 0 Å². The van der Waals surface area contributed by atoms with Gasteiger partial charge >= 0.3 is 0 Å². The van der Waals surface area contributed by atoms with Crippen LogP contribution in [0.3, 0.4) is 0 Å². The molecule has 1 N–H and O–H groups in total. The molecule has 1 nitrogen and oxygen atoms in total. The Kier molecular flexibility index (Phi) is 6.00. The minimum absolute atomic E-state index is 0.453. The van der Waals surface area contributed by atoms with E-state index >= 15 is 0 Å². The lowest BCUT2D eigenvalue weighted by Gasteiger charge is -2.01. The van der Waals surface area contributed by atoms with Gasteiger partial charge in [0.25, 0.3) is 0 Å². The highest BCUT2D eigenvalue weighted by Gasteiger charge is 1.92. The van der Waals surface area contributed by atoms with Gasteiger partial charge in [-0.1, -0.05) is 26.7 Å². The standard InChI is InChI=1S/C10H20O/c1-9(2)7-5-4-6-8-10(3)11/h8-9,11H,4-7H2,1-3H3. The van der Waals surface area contributed by atoms with Gasteiger partial charge in [0, 0.05) is 0 Å². The quantitative estimate of drug-likeness (QED) is 0.475.